The molecule has 0 radical (unpaired) electrons. The van der Waals surface area contributed by atoms with Crippen LogP contribution in [0.3, 0.4) is 0 Å². The summed E-state index contributed by atoms with van der Waals surface area (Å²) in [5.74, 6) is 1.96. The van der Waals surface area contributed by atoms with Gasteiger partial charge in [0.05, 0.1) is 32.1 Å². The predicted molar refractivity (Wildman–Crippen MR) is 173 cm³/mol. The summed E-state index contributed by atoms with van der Waals surface area (Å²) in [5.41, 5.74) is 4.43. The highest BCUT2D eigenvalue weighted by Crippen LogP contribution is 2.27. The van der Waals surface area contributed by atoms with E-state index >= 15 is 0 Å². The van der Waals surface area contributed by atoms with Gasteiger partial charge in [-0.25, -0.2) is 9.79 Å². The number of aliphatic imine (C=N–C) groups is 1. The Bertz CT molecular complexity index is 1350. The summed E-state index contributed by atoms with van der Waals surface area (Å²) in [5, 5.41) is 0.798. The number of nitrogens with zero attached hydrogens (tertiary/aromatic N) is 2. The minimum Gasteiger partial charge on any atom is -0.497 e. The number of methoxy groups -OCH3 is 2. The SMILES string of the molecule is Br.CCOC(=O)c1ccccc1N=C(SCc1ccccc1)N(Cc1ccc(OC)cc1)Cc1ccc(OC)cc1. The molecule has 0 aliphatic heterocycles. The minimum absolute atomic E-state index is 0. The number of carbonyl (C=O) groups excluding carboxylic acids is 1. The van der Waals surface area contributed by atoms with E-state index in [2.05, 4.69) is 41.3 Å². The van der Waals surface area contributed by atoms with Gasteiger partial charge in [-0.05, 0) is 60.0 Å². The first-order valence-electron chi connectivity index (χ1n) is 13.1. The lowest BCUT2D eigenvalue weighted by atomic mass is 10.1. The molecule has 4 rings (SSSR count). The van der Waals surface area contributed by atoms with Crippen LogP contribution in [0.15, 0.2) is 108 Å². The second-order valence-corrected chi connectivity index (χ2v) is 9.90. The van der Waals surface area contributed by atoms with E-state index in [0.29, 0.717) is 30.9 Å². The van der Waals surface area contributed by atoms with E-state index in [1.54, 1.807) is 39.0 Å². The van der Waals surface area contributed by atoms with Crippen LogP contribution in [0.25, 0.3) is 0 Å². The average molecular weight is 636 g/mol. The summed E-state index contributed by atoms with van der Waals surface area (Å²) in [6.45, 7) is 3.32. The van der Waals surface area contributed by atoms with Crippen LogP contribution >= 0.6 is 28.7 Å². The Labute approximate surface area is 257 Å². The van der Waals surface area contributed by atoms with Gasteiger partial charge in [-0.2, -0.15) is 0 Å². The number of esters is 1. The highest BCUT2D eigenvalue weighted by molar-refractivity contribution is 8.93. The maximum Gasteiger partial charge on any atom is 0.340 e. The van der Waals surface area contributed by atoms with E-state index < -0.39 is 0 Å². The van der Waals surface area contributed by atoms with Gasteiger partial charge in [0.2, 0.25) is 0 Å². The quantitative estimate of drug-likeness (QED) is 0.0944. The van der Waals surface area contributed by atoms with Gasteiger partial charge < -0.3 is 19.1 Å². The topological polar surface area (TPSA) is 60.4 Å². The van der Waals surface area contributed by atoms with Crippen LogP contribution in [-0.2, 0) is 23.6 Å². The van der Waals surface area contributed by atoms with Gasteiger partial charge in [0.1, 0.15) is 11.5 Å². The monoisotopic (exact) mass is 634 g/mol. The van der Waals surface area contributed by atoms with E-state index in [9.17, 15) is 4.79 Å². The molecule has 0 heterocycles. The minimum atomic E-state index is -0.383. The van der Waals surface area contributed by atoms with Crippen molar-refractivity contribution in [1.82, 2.24) is 4.90 Å². The lowest BCUT2D eigenvalue weighted by molar-refractivity contribution is 0.0527. The molecular formula is C33H35BrN2O4S. The summed E-state index contributed by atoms with van der Waals surface area (Å²) in [4.78, 5) is 20.1. The second-order valence-electron chi connectivity index (χ2n) is 8.96. The molecule has 0 atom stereocenters. The van der Waals surface area contributed by atoms with Crippen LogP contribution in [0.4, 0.5) is 5.69 Å². The number of hydrogen-bond acceptors (Lipinski definition) is 6. The van der Waals surface area contributed by atoms with Crippen LogP contribution < -0.4 is 9.47 Å². The first-order valence-corrected chi connectivity index (χ1v) is 14.1. The van der Waals surface area contributed by atoms with Crippen molar-refractivity contribution in [2.45, 2.75) is 25.8 Å². The molecule has 0 fully saturated rings. The van der Waals surface area contributed by atoms with Gasteiger partial charge >= 0.3 is 5.97 Å². The van der Waals surface area contributed by atoms with E-state index in [4.69, 9.17) is 19.2 Å². The zero-order chi connectivity index (χ0) is 28.2. The molecule has 8 heteroatoms. The standard InChI is InChI=1S/C33H34N2O4S.BrH/c1-4-39-32(36)30-12-8-9-13-31(30)34-33(40-24-27-10-6-5-7-11-27)35(22-25-14-18-28(37-2)19-15-25)23-26-16-20-29(38-3)21-17-26;/h5-21H,4,22-24H2,1-3H3;1H. The summed E-state index contributed by atoms with van der Waals surface area (Å²) in [6.07, 6.45) is 0. The largest absolute Gasteiger partial charge is 0.497 e. The van der Waals surface area contributed by atoms with E-state index in [-0.39, 0.29) is 23.0 Å². The number of para-hydroxylation sites is 1. The predicted octanol–water partition coefficient (Wildman–Crippen LogP) is 8.08. The third kappa shape index (κ3) is 9.40. The molecule has 0 saturated heterocycles. The Balaban J connectivity index is 0.00000462. The molecule has 0 unspecified atom stereocenters. The van der Waals surface area contributed by atoms with E-state index in [0.717, 1.165) is 33.5 Å². The van der Waals surface area contributed by atoms with Crippen LogP contribution in [0.5, 0.6) is 11.5 Å². The molecule has 0 aromatic heterocycles. The van der Waals surface area contributed by atoms with Crippen molar-refractivity contribution in [3.63, 3.8) is 0 Å². The van der Waals surface area contributed by atoms with Crippen molar-refractivity contribution < 1.29 is 19.0 Å². The van der Waals surface area contributed by atoms with Crippen LogP contribution in [0.2, 0.25) is 0 Å². The Kier molecular flexibility index (Phi) is 12.8. The fraction of sp³-hybridized carbons (Fsp3) is 0.212. The molecular weight excluding hydrogens is 600 g/mol. The molecule has 6 nitrogen and oxygen atoms in total. The molecule has 0 N–H and O–H groups in total. The smallest absolute Gasteiger partial charge is 0.340 e. The van der Waals surface area contributed by atoms with Gasteiger partial charge in [-0.1, -0.05) is 78.5 Å². The lowest BCUT2D eigenvalue weighted by Crippen LogP contribution is -2.28. The summed E-state index contributed by atoms with van der Waals surface area (Å²) in [6, 6.07) is 33.7. The molecule has 4 aromatic rings. The van der Waals surface area contributed by atoms with Gasteiger partial charge in [-0.3, -0.25) is 0 Å². The number of benzene rings is 4. The Morgan fingerprint density at radius 1 is 0.732 bits per heavy atom. The van der Waals surface area contributed by atoms with Crippen molar-refractivity contribution in [2.24, 2.45) is 4.99 Å². The van der Waals surface area contributed by atoms with Crippen molar-refractivity contribution in [2.75, 3.05) is 20.8 Å². The zero-order valence-corrected chi connectivity index (χ0v) is 26.0. The fourth-order valence-corrected chi connectivity index (χ4v) is 5.03. The normalized spacial score (nSPS) is 10.9. The molecule has 0 saturated carbocycles. The van der Waals surface area contributed by atoms with Gasteiger partial charge in [0.15, 0.2) is 5.17 Å². The molecule has 0 bridgehead atoms. The van der Waals surface area contributed by atoms with Gasteiger partial charge in [-0.15, -0.1) is 17.0 Å². The van der Waals surface area contributed by atoms with Crippen LogP contribution in [0, 0.1) is 0 Å². The van der Waals surface area contributed by atoms with Gasteiger partial charge in [0.25, 0.3) is 0 Å². The summed E-state index contributed by atoms with van der Waals surface area (Å²) < 4.78 is 16.1. The fourth-order valence-electron chi connectivity index (χ4n) is 4.07. The van der Waals surface area contributed by atoms with E-state index in [1.165, 1.54) is 5.56 Å². The number of halogens is 1. The van der Waals surface area contributed by atoms with Crippen molar-refractivity contribution in [1.29, 1.82) is 0 Å². The van der Waals surface area contributed by atoms with Crippen molar-refractivity contribution >= 4 is 45.6 Å². The van der Waals surface area contributed by atoms with Gasteiger partial charge in [0, 0.05) is 18.8 Å². The summed E-state index contributed by atoms with van der Waals surface area (Å²) >= 11 is 1.64. The third-order valence-electron chi connectivity index (χ3n) is 6.16. The maximum atomic E-state index is 12.8. The number of carbonyl (C=O) groups is 1. The summed E-state index contributed by atoms with van der Waals surface area (Å²) in [7, 11) is 3.33. The first-order chi connectivity index (χ1) is 19.6. The molecule has 0 aliphatic carbocycles. The maximum absolute atomic E-state index is 12.8. The molecule has 0 spiro atoms. The van der Waals surface area contributed by atoms with Crippen LogP contribution in [0.1, 0.15) is 34.0 Å². The number of ether oxygens (including phenoxy) is 3. The molecule has 214 valence electrons. The van der Waals surface area contributed by atoms with E-state index in [1.807, 2.05) is 60.7 Å². The number of thioether (sulfide) groups is 1. The first kappa shape index (κ1) is 31.8. The molecule has 4 aromatic carbocycles. The highest BCUT2D eigenvalue weighted by Gasteiger charge is 2.18. The molecule has 0 amide bonds. The van der Waals surface area contributed by atoms with Crippen molar-refractivity contribution in [3.05, 3.63) is 125 Å². The lowest BCUT2D eigenvalue weighted by Gasteiger charge is -2.27. The number of hydrogen-bond donors (Lipinski definition) is 0. The Morgan fingerprint density at radius 2 is 1.27 bits per heavy atom. The van der Waals surface area contributed by atoms with Crippen LogP contribution in [-0.4, -0.2) is 36.9 Å². The Hall–Kier alpha value is -3.75. The van der Waals surface area contributed by atoms with Crippen molar-refractivity contribution in [3.8, 4) is 11.5 Å². The number of amidine groups is 1. The highest BCUT2D eigenvalue weighted by atomic mass is 79.9. The number of rotatable bonds is 11. The second kappa shape index (κ2) is 16.5. The molecule has 0 aliphatic rings. The third-order valence-corrected chi connectivity index (χ3v) is 7.25. The Morgan fingerprint density at radius 3 is 1.80 bits per heavy atom. The average Bonchev–Trinajstić information content (AvgIpc) is 3.00. The zero-order valence-electron chi connectivity index (χ0n) is 23.5. The molecule has 41 heavy (non-hydrogen) atoms.